The van der Waals surface area contributed by atoms with Crippen LogP contribution in [0.15, 0.2) is 54.9 Å². The summed E-state index contributed by atoms with van der Waals surface area (Å²) in [5.41, 5.74) is 0.754. The van der Waals surface area contributed by atoms with Crippen molar-refractivity contribution in [2.24, 2.45) is 0 Å². The number of benzene rings is 2. The molecule has 0 aliphatic rings. The van der Waals surface area contributed by atoms with Crippen LogP contribution in [0.2, 0.25) is 0 Å². The third-order valence-electron chi connectivity index (χ3n) is 3.84. The highest BCUT2D eigenvalue weighted by molar-refractivity contribution is 5.99. The number of carbonyl (C=O) groups is 2. The molecule has 3 aromatic rings. The van der Waals surface area contributed by atoms with Crippen molar-refractivity contribution in [3.63, 3.8) is 0 Å². The van der Waals surface area contributed by atoms with E-state index in [2.05, 4.69) is 15.7 Å². The van der Waals surface area contributed by atoms with Gasteiger partial charge < -0.3 is 10.6 Å². The van der Waals surface area contributed by atoms with Gasteiger partial charge in [0, 0.05) is 18.0 Å². The summed E-state index contributed by atoms with van der Waals surface area (Å²) in [4.78, 5) is 23.9. The highest BCUT2D eigenvalue weighted by atomic mass is 19.2. The summed E-state index contributed by atoms with van der Waals surface area (Å²) in [5, 5.41) is 8.54. The van der Waals surface area contributed by atoms with Crippen LogP contribution < -0.4 is 10.6 Å². The van der Waals surface area contributed by atoms with Crippen molar-refractivity contribution in [2.45, 2.75) is 6.54 Å². The summed E-state index contributed by atoms with van der Waals surface area (Å²) in [5.74, 6) is -5.84. The van der Waals surface area contributed by atoms with Crippen LogP contribution >= 0.6 is 0 Å². The van der Waals surface area contributed by atoms with Gasteiger partial charge >= 0.3 is 0 Å². The molecule has 3 rings (SSSR count). The van der Waals surface area contributed by atoms with Crippen molar-refractivity contribution in [3.8, 4) is 0 Å². The molecule has 9 heteroatoms. The Kier molecular flexibility index (Phi) is 5.73. The summed E-state index contributed by atoms with van der Waals surface area (Å²) in [6, 6.07) is 10.1. The van der Waals surface area contributed by atoms with Gasteiger partial charge in [0.25, 0.3) is 5.91 Å². The van der Waals surface area contributed by atoms with Gasteiger partial charge in [-0.1, -0.05) is 12.1 Å². The van der Waals surface area contributed by atoms with Crippen molar-refractivity contribution in [1.82, 2.24) is 15.1 Å². The molecule has 0 fully saturated rings. The minimum absolute atomic E-state index is 0.330. The molecule has 144 valence electrons. The summed E-state index contributed by atoms with van der Waals surface area (Å²) >= 11 is 0. The van der Waals surface area contributed by atoms with Gasteiger partial charge in [0.05, 0.1) is 18.8 Å². The van der Waals surface area contributed by atoms with Crippen LogP contribution in [0.1, 0.15) is 15.9 Å². The van der Waals surface area contributed by atoms with E-state index in [1.165, 1.54) is 0 Å². The van der Waals surface area contributed by atoms with Gasteiger partial charge in [-0.15, -0.1) is 0 Å². The van der Waals surface area contributed by atoms with E-state index in [-0.39, 0.29) is 0 Å². The predicted molar refractivity (Wildman–Crippen MR) is 95.0 cm³/mol. The summed E-state index contributed by atoms with van der Waals surface area (Å²) in [7, 11) is 0. The molecule has 0 spiro atoms. The first kappa shape index (κ1) is 19.2. The highest BCUT2D eigenvalue weighted by Gasteiger charge is 2.15. The number of aromatic nitrogens is 2. The van der Waals surface area contributed by atoms with Crippen molar-refractivity contribution < 1.29 is 22.8 Å². The number of hydrogen-bond donors (Lipinski definition) is 2. The Morgan fingerprint density at radius 3 is 2.43 bits per heavy atom. The Bertz CT molecular complexity index is 989. The third kappa shape index (κ3) is 4.56. The zero-order valence-electron chi connectivity index (χ0n) is 14.5. The molecule has 2 amide bonds. The number of nitrogens with one attached hydrogen (secondary N) is 2. The Labute approximate surface area is 158 Å². The number of anilines is 1. The Balaban J connectivity index is 1.53. The van der Waals surface area contributed by atoms with Gasteiger partial charge in [-0.05, 0) is 35.9 Å². The molecule has 0 aliphatic heterocycles. The maximum absolute atomic E-state index is 13.5. The van der Waals surface area contributed by atoms with E-state index in [9.17, 15) is 22.8 Å². The molecule has 6 nitrogen and oxygen atoms in total. The maximum Gasteiger partial charge on any atom is 0.251 e. The van der Waals surface area contributed by atoms with E-state index in [1.54, 1.807) is 41.2 Å². The molecule has 0 saturated heterocycles. The predicted octanol–water partition coefficient (Wildman–Crippen LogP) is 2.72. The maximum atomic E-state index is 13.5. The van der Waals surface area contributed by atoms with Crippen molar-refractivity contribution >= 4 is 17.5 Å². The highest BCUT2D eigenvalue weighted by Crippen LogP contribution is 2.19. The lowest BCUT2D eigenvalue weighted by molar-refractivity contribution is -0.115. The van der Waals surface area contributed by atoms with Crippen molar-refractivity contribution in [2.75, 3.05) is 11.9 Å². The van der Waals surface area contributed by atoms with Crippen LogP contribution in [0.25, 0.3) is 0 Å². The fourth-order valence-corrected chi connectivity index (χ4v) is 2.42. The Morgan fingerprint density at radius 2 is 1.75 bits per heavy atom. The number of nitrogens with zero attached hydrogens (tertiary/aromatic N) is 2. The monoisotopic (exact) mass is 388 g/mol. The van der Waals surface area contributed by atoms with Gasteiger partial charge in [-0.3, -0.25) is 14.3 Å². The third-order valence-corrected chi connectivity index (χ3v) is 3.84. The lowest BCUT2D eigenvalue weighted by atomic mass is 10.1. The number of hydrogen-bond acceptors (Lipinski definition) is 3. The summed E-state index contributed by atoms with van der Waals surface area (Å²) in [6.07, 6.45) is 3.48. The molecule has 0 radical (unpaired) electrons. The first-order valence-corrected chi connectivity index (χ1v) is 8.22. The van der Waals surface area contributed by atoms with Gasteiger partial charge in [0.15, 0.2) is 17.5 Å². The second-order valence-electron chi connectivity index (χ2n) is 5.85. The second-order valence-corrected chi connectivity index (χ2v) is 5.85. The average molecular weight is 388 g/mol. The number of carbonyl (C=O) groups excluding carboxylic acids is 2. The molecule has 0 bridgehead atoms. The van der Waals surface area contributed by atoms with E-state index >= 15 is 0 Å². The molecule has 1 aromatic heterocycles. The molecule has 1 heterocycles. The smallest absolute Gasteiger partial charge is 0.251 e. The van der Waals surface area contributed by atoms with Crippen LogP contribution in [0.5, 0.6) is 0 Å². The zero-order chi connectivity index (χ0) is 20.1. The Hall–Kier alpha value is -3.62. The van der Waals surface area contributed by atoms with Crippen LogP contribution in [0, 0.1) is 17.5 Å². The van der Waals surface area contributed by atoms with Gasteiger partial charge in [-0.25, -0.2) is 13.2 Å². The number of rotatable bonds is 6. The first-order valence-electron chi connectivity index (χ1n) is 8.22. The molecule has 0 unspecified atom stereocenters. The molecule has 28 heavy (non-hydrogen) atoms. The minimum atomic E-state index is -1.68. The second kappa shape index (κ2) is 8.38. The lowest BCUT2D eigenvalue weighted by Crippen LogP contribution is -2.33. The van der Waals surface area contributed by atoms with E-state index < -0.39 is 41.5 Å². The van der Waals surface area contributed by atoms with Crippen LogP contribution in [0.3, 0.4) is 0 Å². The van der Waals surface area contributed by atoms with Crippen LogP contribution in [-0.4, -0.2) is 28.1 Å². The van der Waals surface area contributed by atoms with E-state index in [4.69, 9.17) is 0 Å². The first-order chi connectivity index (χ1) is 13.4. The molecule has 2 aromatic carbocycles. The van der Waals surface area contributed by atoms with Gasteiger partial charge in [0.1, 0.15) is 0 Å². The van der Waals surface area contributed by atoms with Crippen molar-refractivity contribution in [3.05, 3.63) is 83.4 Å². The zero-order valence-corrected chi connectivity index (χ0v) is 14.5. The van der Waals surface area contributed by atoms with Crippen LogP contribution in [-0.2, 0) is 11.3 Å². The molecular formula is C19H15F3N4O2. The summed E-state index contributed by atoms with van der Waals surface area (Å²) in [6.45, 7) is 0.0867. The fraction of sp³-hybridized carbons (Fsp3) is 0.105. The molecule has 0 aliphatic carbocycles. The Morgan fingerprint density at radius 1 is 1.00 bits per heavy atom. The van der Waals surface area contributed by atoms with E-state index in [0.717, 1.165) is 11.6 Å². The quantitative estimate of drug-likeness (QED) is 0.638. The summed E-state index contributed by atoms with van der Waals surface area (Å²) < 4.78 is 41.3. The molecule has 2 N–H and O–H groups in total. The standard InChI is InChI=1S/C19H15F3N4O2/c20-14-6-7-15(18(22)17(14)21)25-16(27)10-23-19(28)13-4-2-12(3-5-13)11-26-9-1-8-24-26/h1-9H,10-11H2,(H,23,28)(H,25,27). The topological polar surface area (TPSA) is 76.0 Å². The molecule has 0 atom stereocenters. The largest absolute Gasteiger partial charge is 0.343 e. The number of halogens is 3. The number of amides is 2. The van der Waals surface area contributed by atoms with E-state index in [1.807, 2.05) is 6.20 Å². The normalized spacial score (nSPS) is 10.5. The van der Waals surface area contributed by atoms with Crippen molar-refractivity contribution in [1.29, 1.82) is 0 Å². The van der Waals surface area contributed by atoms with E-state index in [0.29, 0.717) is 18.2 Å². The van der Waals surface area contributed by atoms with Gasteiger partial charge in [-0.2, -0.15) is 5.10 Å². The van der Waals surface area contributed by atoms with Gasteiger partial charge in [0.2, 0.25) is 5.91 Å². The fourth-order valence-electron chi connectivity index (χ4n) is 2.42. The average Bonchev–Trinajstić information content (AvgIpc) is 3.20. The molecular weight excluding hydrogens is 373 g/mol. The molecule has 0 saturated carbocycles. The lowest BCUT2D eigenvalue weighted by Gasteiger charge is -2.09. The minimum Gasteiger partial charge on any atom is -0.343 e. The SMILES string of the molecule is O=C(CNC(=O)c1ccc(Cn2cccn2)cc1)Nc1ccc(F)c(F)c1F. The van der Waals surface area contributed by atoms with Crippen LogP contribution in [0.4, 0.5) is 18.9 Å².